The first kappa shape index (κ1) is 18.8. The van der Waals surface area contributed by atoms with Gasteiger partial charge in [0.15, 0.2) is 0 Å². The van der Waals surface area contributed by atoms with Crippen molar-refractivity contribution in [2.45, 2.75) is 23.9 Å². The molecule has 2 N–H and O–H groups in total. The number of carbonyl (C=O) groups is 1. The van der Waals surface area contributed by atoms with Crippen LogP contribution in [0.15, 0.2) is 71.6 Å². The van der Waals surface area contributed by atoms with Crippen LogP contribution < -0.4 is 9.62 Å². The van der Waals surface area contributed by atoms with Crippen molar-refractivity contribution < 1.29 is 18.3 Å². The molecule has 0 spiro atoms. The molecule has 7 heteroatoms. The van der Waals surface area contributed by atoms with E-state index in [2.05, 4.69) is 9.62 Å². The van der Waals surface area contributed by atoms with Gasteiger partial charge in [-0.3, -0.25) is 0 Å². The van der Waals surface area contributed by atoms with Crippen LogP contribution in [0.3, 0.4) is 0 Å². The lowest BCUT2D eigenvalue weighted by molar-refractivity contribution is 0.0697. The Morgan fingerprint density at radius 3 is 2.33 bits per heavy atom. The fraction of sp³-hybridized carbons (Fsp3) is 0.174. The van der Waals surface area contributed by atoms with Crippen LogP contribution in [0.2, 0.25) is 0 Å². The summed E-state index contributed by atoms with van der Waals surface area (Å²) in [6.07, 6.45) is 1.62. The first-order valence-electron chi connectivity index (χ1n) is 9.80. The quantitative estimate of drug-likeness (QED) is 0.670. The summed E-state index contributed by atoms with van der Waals surface area (Å²) in [5.41, 5.74) is 4.45. The number of sulfonamides is 1. The Kier molecular flexibility index (Phi) is 4.38. The number of carboxylic acid groups (broad SMARTS) is 1. The summed E-state index contributed by atoms with van der Waals surface area (Å²) < 4.78 is 28.5. The summed E-state index contributed by atoms with van der Waals surface area (Å²) in [5.74, 6) is -0.970. The Morgan fingerprint density at radius 2 is 1.63 bits per heavy atom. The molecule has 2 aliphatic rings. The van der Waals surface area contributed by atoms with Gasteiger partial charge in [-0.1, -0.05) is 42.5 Å². The highest BCUT2D eigenvalue weighted by Gasteiger charge is 2.37. The molecular weight excluding hydrogens is 400 g/mol. The van der Waals surface area contributed by atoms with Crippen LogP contribution >= 0.6 is 0 Å². The highest BCUT2D eigenvalue weighted by molar-refractivity contribution is 7.89. The van der Waals surface area contributed by atoms with E-state index in [0.717, 1.165) is 47.3 Å². The van der Waals surface area contributed by atoms with Gasteiger partial charge in [-0.2, -0.15) is 4.72 Å². The third-order valence-electron chi connectivity index (χ3n) is 5.78. The zero-order valence-corrected chi connectivity index (χ0v) is 16.9. The van der Waals surface area contributed by atoms with E-state index in [1.165, 1.54) is 0 Å². The minimum Gasteiger partial charge on any atom is -0.478 e. The van der Waals surface area contributed by atoms with E-state index in [1.54, 1.807) is 30.3 Å². The molecule has 0 aromatic heterocycles. The van der Waals surface area contributed by atoms with E-state index in [4.69, 9.17) is 5.11 Å². The van der Waals surface area contributed by atoms with Crippen molar-refractivity contribution in [3.05, 3.63) is 72.3 Å². The van der Waals surface area contributed by atoms with E-state index < -0.39 is 16.0 Å². The molecule has 3 aromatic rings. The van der Waals surface area contributed by atoms with Gasteiger partial charge in [0.1, 0.15) is 4.90 Å². The smallest absolute Gasteiger partial charge is 0.335 e. The summed E-state index contributed by atoms with van der Waals surface area (Å²) in [6.45, 7) is 0.839. The molecule has 0 aliphatic carbocycles. The SMILES string of the molecule is O=C(O)c1ccc(-c2ccccc2-c2ccc3c(c2)S(=O)(=O)NC2CCCN32)cc1. The molecule has 0 bridgehead atoms. The lowest BCUT2D eigenvalue weighted by Gasteiger charge is -2.34. The number of rotatable bonds is 3. The zero-order valence-electron chi connectivity index (χ0n) is 16.1. The van der Waals surface area contributed by atoms with Gasteiger partial charge in [0.05, 0.1) is 17.4 Å². The molecule has 5 rings (SSSR count). The van der Waals surface area contributed by atoms with E-state index in [-0.39, 0.29) is 11.7 Å². The summed E-state index contributed by atoms with van der Waals surface area (Å²) in [4.78, 5) is 13.6. The Labute approximate surface area is 174 Å². The zero-order chi connectivity index (χ0) is 20.9. The van der Waals surface area contributed by atoms with Crippen molar-refractivity contribution in [3.8, 4) is 22.3 Å². The van der Waals surface area contributed by atoms with E-state index >= 15 is 0 Å². The van der Waals surface area contributed by atoms with Crippen molar-refractivity contribution >= 4 is 21.7 Å². The first-order valence-corrected chi connectivity index (χ1v) is 11.3. The Balaban J connectivity index is 1.62. The lowest BCUT2D eigenvalue weighted by atomic mass is 9.94. The summed E-state index contributed by atoms with van der Waals surface area (Å²) in [6, 6.07) is 20.0. The predicted molar refractivity (Wildman–Crippen MR) is 115 cm³/mol. The number of aromatic carboxylic acids is 1. The molecular formula is C23H20N2O4S. The van der Waals surface area contributed by atoms with E-state index in [0.29, 0.717) is 4.90 Å². The molecule has 0 amide bonds. The van der Waals surface area contributed by atoms with Crippen molar-refractivity contribution in [1.82, 2.24) is 4.72 Å². The highest BCUT2D eigenvalue weighted by atomic mass is 32.2. The van der Waals surface area contributed by atoms with Crippen molar-refractivity contribution in [2.75, 3.05) is 11.4 Å². The fourth-order valence-corrected chi connectivity index (χ4v) is 5.81. The number of carboxylic acids is 1. The number of nitrogens with one attached hydrogen (secondary N) is 1. The Morgan fingerprint density at radius 1 is 0.967 bits per heavy atom. The van der Waals surface area contributed by atoms with Crippen LogP contribution in [-0.4, -0.2) is 32.2 Å². The molecule has 2 aliphatic heterocycles. The average Bonchev–Trinajstić information content (AvgIpc) is 3.21. The van der Waals surface area contributed by atoms with Crippen molar-refractivity contribution in [2.24, 2.45) is 0 Å². The lowest BCUT2D eigenvalue weighted by Crippen LogP contribution is -2.48. The van der Waals surface area contributed by atoms with Gasteiger partial charge in [-0.25, -0.2) is 13.2 Å². The molecule has 2 heterocycles. The third-order valence-corrected chi connectivity index (χ3v) is 7.27. The van der Waals surface area contributed by atoms with E-state index in [1.807, 2.05) is 36.4 Å². The molecule has 1 saturated heterocycles. The maximum Gasteiger partial charge on any atom is 0.335 e. The monoisotopic (exact) mass is 420 g/mol. The molecule has 30 heavy (non-hydrogen) atoms. The molecule has 152 valence electrons. The van der Waals surface area contributed by atoms with Gasteiger partial charge in [0.25, 0.3) is 0 Å². The van der Waals surface area contributed by atoms with Gasteiger partial charge in [0, 0.05) is 6.54 Å². The average molecular weight is 420 g/mol. The van der Waals surface area contributed by atoms with Crippen LogP contribution in [0.5, 0.6) is 0 Å². The predicted octanol–water partition coefficient (Wildman–Crippen LogP) is 3.94. The molecule has 1 unspecified atom stereocenters. The molecule has 6 nitrogen and oxygen atoms in total. The van der Waals surface area contributed by atoms with Gasteiger partial charge >= 0.3 is 5.97 Å². The number of hydrogen-bond acceptors (Lipinski definition) is 4. The molecule has 1 fully saturated rings. The van der Waals surface area contributed by atoms with Gasteiger partial charge < -0.3 is 10.0 Å². The van der Waals surface area contributed by atoms with Crippen molar-refractivity contribution in [1.29, 1.82) is 0 Å². The molecule has 1 atom stereocenters. The second kappa shape index (κ2) is 6.97. The number of hydrogen-bond donors (Lipinski definition) is 2. The van der Waals surface area contributed by atoms with E-state index in [9.17, 15) is 13.2 Å². The van der Waals surface area contributed by atoms with Crippen LogP contribution in [0, 0.1) is 0 Å². The minimum atomic E-state index is -3.58. The van der Waals surface area contributed by atoms with Crippen LogP contribution in [-0.2, 0) is 10.0 Å². The number of anilines is 1. The van der Waals surface area contributed by atoms with Crippen molar-refractivity contribution in [3.63, 3.8) is 0 Å². The number of nitrogens with zero attached hydrogens (tertiary/aromatic N) is 1. The fourth-order valence-electron chi connectivity index (χ4n) is 4.33. The van der Waals surface area contributed by atoms with Gasteiger partial charge in [-0.15, -0.1) is 0 Å². The first-order chi connectivity index (χ1) is 14.4. The number of benzene rings is 3. The largest absolute Gasteiger partial charge is 0.478 e. The second-order valence-electron chi connectivity index (χ2n) is 7.58. The third kappa shape index (κ3) is 3.07. The van der Waals surface area contributed by atoms with Gasteiger partial charge in [-0.05, 0) is 59.4 Å². The Hall–Kier alpha value is -3.16. The number of fused-ring (bicyclic) bond motifs is 3. The highest BCUT2D eigenvalue weighted by Crippen LogP contribution is 2.40. The molecule has 3 aromatic carbocycles. The topological polar surface area (TPSA) is 86.7 Å². The Bertz CT molecular complexity index is 1250. The maximum absolute atomic E-state index is 12.9. The maximum atomic E-state index is 12.9. The normalized spacial score (nSPS) is 19.2. The minimum absolute atomic E-state index is 0.159. The summed E-state index contributed by atoms with van der Waals surface area (Å²) >= 11 is 0. The second-order valence-corrected chi connectivity index (χ2v) is 9.27. The molecule has 0 saturated carbocycles. The standard InChI is InChI=1S/C23H20N2O4S/c26-23(27)16-9-7-15(8-10-16)18-4-1-2-5-19(18)17-11-12-20-21(14-17)30(28,29)24-22-6-3-13-25(20)22/h1-2,4-5,7-12,14,22,24H,3,6,13H2,(H,26,27). The summed E-state index contributed by atoms with van der Waals surface area (Å²) in [5, 5.41) is 9.14. The van der Waals surface area contributed by atoms with Crippen LogP contribution in [0.1, 0.15) is 23.2 Å². The van der Waals surface area contributed by atoms with Crippen LogP contribution in [0.4, 0.5) is 5.69 Å². The van der Waals surface area contributed by atoms with Crippen LogP contribution in [0.25, 0.3) is 22.3 Å². The molecule has 0 radical (unpaired) electrons. The summed E-state index contributed by atoms with van der Waals surface area (Å²) in [7, 11) is -3.58. The van der Waals surface area contributed by atoms with Gasteiger partial charge in [0.2, 0.25) is 10.0 Å².